The molecule has 0 aliphatic rings. The van der Waals surface area contributed by atoms with E-state index < -0.39 is 0 Å². The number of hydrogen-bond donors (Lipinski definition) is 0. The van der Waals surface area contributed by atoms with E-state index in [4.69, 9.17) is 4.84 Å². The Hall–Kier alpha value is -0.670. The van der Waals surface area contributed by atoms with Crippen molar-refractivity contribution in [2.45, 2.75) is 6.42 Å². The molecular formula is C8H16NO2+. The van der Waals surface area contributed by atoms with Crippen LogP contribution in [0.15, 0.2) is 12.7 Å². The average Bonchev–Trinajstić information content (AvgIpc) is 1.85. The van der Waals surface area contributed by atoms with E-state index in [-0.39, 0.29) is 5.78 Å². The van der Waals surface area contributed by atoms with Crippen LogP contribution in [0.25, 0.3) is 0 Å². The molecule has 3 heteroatoms. The number of ketones is 1. The van der Waals surface area contributed by atoms with Crippen molar-refractivity contribution in [3.05, 3.63) is 12.7 Å². The van der Waals surface area contributed by atoms with Crippen molar-refractivity contribution in [2.24, 2.45) is 0 Å². The molecule has 0 saturated carbocycles. The number of rotatable bonds is 5. The van der Waals surface area contributed by atoms with E-state index in [0.717, 1.165) is 0 Å². The van der Waals surface area contributed by atoms with Crippen LogP contribution in [0, 0.1) is 0 Å². The molecule has 3 nitrogen and oxygen atoms in total. The zero-order valence-electron chi connectivity index (χ0n) is 7.46. The number of allylic oxidation sites excluding steroid dienone is 1. The number of carbonyl (C=O) groups is 1. The minimum atomic E-state index is 0.0263. The van der Waals surface area contributed by atoms with Gasteiger partial charge in [0.15, 0.2) is 5.78 Å². The van der Waals surface area contributed by atoms with Gasteiger partial charge < -0.3 is 0 Å². The molecule has 0 atom stereocenters. The van der Waals surface area contributed by atoms with Gasteiger partial charge >= 0.3 is 0 Å². The van der Waals surface area contributed by atoms with Gasteiger partial charge in [-0.3, -0.25) is 4.79 Å². The summed E-state index contributed by atoms with van der Waals surface area (Å²) >= 11 is 0. The van der Waals surface area contributed by atoms with Gasteiger partial charge in [-0.15, -0.1) is 0 Å². The summed E-state index contributed by atoms with van der Waals surface area (Å²) in [4.78, 5) is 16.0. The predicted molar refractivity (Wildman–Crippen MR) is 43.8 cm³/mol. The van der Waals surface area contributed by atoms with Crippen molar-refractivity contribution < 1.29 is 14.3 Å². The Morgan fingerprint density at radius 2 is 2.09 bits per heavy atom. The summed E-state index contributed by atoms with van der Waals surface area (Å²) < 4.78 is 0.421. The van der Waals surface area contributed by atoms with Crippen LogP contribution in [0.4, 0.5) is 0 Å². The first-order valence-corrected chi connectivity index (χ1v) is 3.57. The molecule has 0 fully saturated rings. The summed E-state index contributed by atoms with van der Waals surface area (Å²) in [5.74, 6) is 0.0263. The van der Waals surface area contributed by atoms with Crippen LogP contribution in [-0.2, 0) is 9.63 Å². The SMILES string of the molecule is C=CC(=O)CCO[N+](C)(C)C. The Kier molecular flexibility index (Phi) is 4.00. The van der Waals surface area contributed by atoms with E-state index in [1.807, 2.05) is 21.1 Å². The van der Waals surface area contributed by atoms with Gasteiger partial charge in [-0.1, -0.05) is 6.58 Å². The zero-order valence-corrected chi connectivity index (χ0v) is 7.46. The Morgan fingerprint density at radius 1 is 1.55 bits per heavy atom. The zero-order chi connectivity index (χ0) is 8.91. The third-order valence-corrected chi connectivity index (χ3v) is 1.05. The van der Waals surface area contributed by atoms with Gasteiger partial charge in [0.2, 0.25) is 0 Å². The summed E-state index contributed by atoms with van der Waals surface area (Å²) in [6.45, 7) is 3.82. The maximum absolute atomic E-state index is 10.7. The highest BCUT2D eigenvalue weighted by atomic mass is 16.7. The van der Waals surface area contributed by atoms with Gasteiger partial charge in [0.25, 0.3) is 0 Å². The fraction of sp³-hybridized carbons (Fsp3) is 0.625. The average molecular weight is 158 g/mol. The Labute approximate surface area is 67.8 Å². The van der Waals surface area contributed by atoms with E-state index in [1.54, 1.807) is 0 Å². The maximum atomic E-state index is 10.7. The van der Waals surface area contributed by atoms with Crippen LogP contribution in [0.2, 0.25) is 0 Å². The van der Waals surface area contributed by atoms with Gasteiger partial charge in [0.05, 0.1) is 21.1 Å². The molecule has 0 spiro atoms. The molecule has 0 aromatic rings. The summed E-state index contributed by atoms with van der Waals surface area (Å²) in [6, 6.07) is 0. The first-order chi connectivity index (χ1) is 4.95. The van der Waals surface area contributed by atoms with E-state index in [0.29, 0.717) is 17.7 Å². The molecular weight excluding hydrogens is 142 g/mol. The third kappa shape index (κ3) is 7.22. The molecule has 0 aliphatic heterocycles. The molecule has 0 radical (unpaired) electrons. The monoisotopic (exact) mass is 158 g/mol. The van der Waals surface area contributed by atoms with Crippen molar-refractivity contribution in [2.75, 3.05) is 27.7 Å². The number of nitrogens with zero attached hydrogens (tertiary/aromatic N) is 1. The molecule has 0 unspecified atom stereocenters. The topological polar surface area (TPSA) is 26.3 Å². The minimum Gasteiger partial charge on any atom is -0.295 e. The van der Waals surface area contributed by atoms with Gasteiger partial charge in [0, 0.05) is 6.42 Å². The molecule has 0 aromatic carbocycles. The molecule has 0 aromatic heterocycles. The van der Waals surface area contributed by atoms with Crippen molar-refractivity contribution in [3.8, 4) is 0 Å². The van der Waals surface area contributed by atoms with E-state index in [9.17, 15) is 4.79 Å². The van der Waals surface area contributed by atoms with Gasteiger partial charge in [-0.2, -0.15) is 4.65 Å². The third-order valence-electron chi connectivity index (χ3n) is 1.05. The molecule has 0 amide bonds. The molecule has 0 aliphatic carbocycles. The second kappa shape index (κ2) is 4.26. The van der Waals surface area contributed by atoms with Crippen LogP contribution in [-0.4, -0.2) is 38.2 Å². The molecule has 0 heterocycles. The van der Waals surface area contributed by atoms with Crippen molar-refractivity contribution in [1.82, 2.24) is 0 Å². The lowest BCUT2D eigenvalue weighted by Gasteiger charge is -2.20. The molecule has 64 valence electrons. The number of carbonyl (C=O) groups excluding carboxylic acids is 1. The van der Waals surface area contributed by atoms with Crippen LogP contribution in [0.1, 0.15) is 6.42 Å². The first kappa shape index (κ1) is 10.3. The highest BCUT2D eigenvalue weighted by molar-refractivity contribution is 5.89. The smallest absolute Gasteiger partial charge is 0.157 e. The second-order valence-electron chi connectivity index (χ2n) is 3.14. The van der Waals surface area contributed by atoms with Crippen LogP contribution < -0.4 is 0 Å². The minimum absolute atomic E-state index is 0.0263. The largest absolute Gasteiger partial charge is 0.295 e. The fourth-order valence-corrected chi connectivity index (χ4v) is 0.522. The fourth-order valence-electron chi connectivity index (χ4n) is 0.522. The lowest BCUT2D eigenvalue weighted by molar-refractivity contribution is -1.06. The summed E-state index contributed by atoms with van der Waals surface area (Å²) in [5, 5.41) is 0. The van der Waals surface area contributed by atoms with Crippen LogP contribution in [0.3, 0.4) is 0 Å². The van der Waals surface area contributed by atoms with Gasteiger partial charge in [-0.25, -0.2) is 4.84 Å². The van der Waals surface area contributed by atoms with E-state index in [1.165, 1.54) is 6.08 Å². The number of hydroxylamine groups is 3. The normalized spacial score (nSPS) is 11.2. The van der Waals surface area contributed by atoms with Crippen molar-refractivity contribution in [1.29, 1.82) is 0 Å². The Morgan fingerprint density at radius 3 is 2.45 bits per heavy atom. The lowest BCUT2D eigenvalue weighted by Crippen LogP contribution is -2.35. The number of quaternary nitrogens is 1. The van der Waals surface area contributed by atoms with Crippen molar-refractivity contribution >= 4 is 5.78 Å². The summed E-state index contributed by atoms with van der Waals surface area (Å²) in [7, 11) is 5.70. The highest BCUT2D eigenvalue weighted by Gasteiger charge is 2.07. The Bertz CT molecular complexity index is 147. The molecule has 0 bridgehead atoms. The van der Waals surface area contributed by atoms with E-state index >= 15 is 0 Å². The predicted octanol–water partition coefficient (Wildman–Crippen LogP) is 0.769. The standard InChI is InChI=1S/C8H16NO2/c1-5-8(10)6-7-11-9(2,3)4/h5H,1,6-7H2,2-4H3/q+1. The van der Waals surface area contributed by atoms with Gasteiger partial charge in [-0.05, 0) is 6.08 Å². The van der Waals surface area contributed by atoms with Crippen molar-refractivity contribution in [3.63, 3.8) is 0 Å². The lowest BCUT2D eigenvalue weighted by atomic mass is 10.3. The quantitative estimate of drug-likeness (QED) is 0.335. The molecule has 0 N–H and O–H groups in total. The molecule has 11 heavy (non-hydrogen) atoms. The van der Waals surface area contributed by atoms with E-state index in [2.05, 4.69) is 6.58 Å². The van der Waals surface area contributed by atoms with Crippen LogP contribution in [0.5, 0.6) is 0 Å². The van der Waals surface area contributed by atoms with Gasteiger partial charge in [0.1, 0.15) is 6.61 Å². The maximum Gasteiger partial charge on any atom is 0.157 e. The first-order valence-electron chi connectivity index (χ1n) is 3.57. The molecule has 0 saturated heterocycles. The summed E-state index contributed by atoms with van der Waals surface area (Å²) in [6.07, 6.45) is 1.73. The number of hydrogen-bond acceptors (Lipinski definition) is 2. The Balaban J connectivity index is 3.42. The highest BCUT2D eigenvalue weighted by Crippen LogP contribution is 1.94. The second-order valence-corrected chi connectivity index (χ2v) is 3.14. The molecule has 0 rings (SSSR count). The van der Waals surface area contributed by atoms with Crippen LogP contribution >= 0.6 is 0 Å². The summed E-state index contributed by atoms with van der Waals surface area (Å²) in [5.41, 5.74) is 0.